The Hall–Kier alpha value is -1.75. The fourth-order valence-electron chi connectivity index (χ4n) is 2.44. The highest BCUT2D eigenvalue weighted by Crippen LogP contribution is 2.20. The largest absolute Gasteiger partial charge is 0.313 e. The molecule has 5 nitrogen and oxygen atoms in total. The average Bonchev–Trinajstić information content (AvgIpc) is 2.66. The Morgan fingerprint density at radius 3 is 2.47 bits per heavy atom. The maximum atomic E-state index is 4.46. The van der Waals surface area contributed by atoms with E-state index in [1.807, 2.05) is 31.2 Å². The molecule has 0 saturated carbocycles. The van der Waals surface area contributed by atoms with E-state index in [-0.39, 0.29) is 6.04 Å². The number of hydrogen-bond acceptors (Lipinski definition) is 4. The molecule has 0 bridgehead atoms. The van der Waals surface area contributed by atoms with Gasteiger partial charge in [-0.2, -0.15) is 5.10 Å². The number of hydrogen-bond donors (Lipinski definition) is 1. The summed E-state index contributed by atoms with van der Waals surface area (Å²) in [6.07, 6.45) is 7.32. The minimum atomic E-state index is 0.278. The van der Waals surface area contributed by atoms with Crippen LogP contribution in [0.5, 0.6) is 0 Å². The van der Waals surface area contributed by atoms with E-state index in [1.54, 1.807) is 6.33 Å². The van der Waals surface area contributed by atoms with E-state index in [2.05, 4.69) is 34.2 Å². The Balaban J connectivity index is 2.08. The molecule has 2 aromatic rings. The Labute approximate surface area is 114 Å². The van der Waals surface area contributed by atoms with Crippen LogP contribution in [-0.4, -0.2) is 26.8 Å². The second kappa shape index (κ2) is 5.93. The molecule has 0 saturated heterocycles. The molecule has 0 spiro atoms. The highest BCUT2D eigenvalue weighted by atomic mass is 15.3. The molecule has 19 heavy (non-hydrogen) atoms. The van der Waals surface area contributed by atoms with Gasteiger partial charge in [-0.3, -0.25) is 4.68 Å². The Bertz CT molecular complexity index is 532. The minimum Gasteiger partial charge on any atom is -0.313 e. The van der Waals surface area contributed by atoms with Crippen molar-refractivity contribution in [2.24, 2.45) is 7.05 Å². The van der Waals surface area contributed by atoms with Gasteiger partial charge < -0.3 is 5.32 Å². The van der Waals surface area contributed by atoms with Gasteiger partial charge in [0.1, 0.15) is 6.33 Å². The van der Waals surface area contributed by atoms with Crippen molar-refractivity contribution in [2.75, 3.05) is 7.05 Å². The van der Waals surface area contributed by atoms with Gasteiger partial charge in [0.05, 0.1) is 5.69 Å². The maximum Gasteiger partial charge on any atom is 0.115 e. The molecule has 0 aliphatic heterocycles. The van der Waals surface area contributed by atoms with Crippen LogP contribution < -0.4 is 5.32 Å². The molecule has 0 amide bonds. The molecule has 1 atom stereocenters. The van der Waals surface area contributed by atoms with Gasteiger partial charge in [0.2, 0.25) is 0 Å². The lowest BCUT2D eigenvalue weighted by atomic mass is 10.00. The summed E-state index contributed by atoms with van der Waals surface area (Å²) >= 11 is 0. The fraction of sp³-hybridized carbons (Fsp3) is 0.500. The van der Waals surface area contributed by atoms with Crippen molar-refractivity contribution >= 4 is 0 Å². The van der Waals surface area contributed by atoms with Gasteiger partial charge in [-0.1, -0.05) is 0 Å². The van der Waals surface area contributed by atoms with E-state index in [0.29, 0.717) is 0 Å². The zero-order valence-corrected chi connectivity index (χ0v) is 12.0. The quantitative estimate of drug-likeness (QED) is 0.888. The van der Waals surface area contributed by atoms with Crippen molar-refractivity contribution in [2.45, 2.75) is 32.7 Å². The Kier molecular flexibility index (Phi) is 4.27. The Morgan fingerprint density at radius 2 is 1.95 bits per heavy atom. The summed E-state index contributed by atoms with van der Waals surface area (Å²) in [5.74, 6) is 0. The first-order chi connectivity index (χ1) is 9.13. The molecule has 0 fully saturated rings. The highest BCUT2D eigenvalue weighted by molar-refractivity contribution is 5.25. The summed E-state index contributed by atoms with van der Waals surface area (Å²) in [5.41, 5.74) is 4.85. The van der Waals surface area contributed by atoms with Crippen LogP contribution in [0.4, 0.5) is 0 Å². The van der Waals surface area contributed by atoms with E-state index >= 15 is 0 Å². The normalized spacial score (nSPS) is 12.6. The topological polar surface area (TPSA) is 55.6 Å². The number of aryl methyl sites for hydroxylation is 2. The molecule has 102 valence electrons. The van der Waals surface area contributed by atoms with Gasteiger partial charge in [-0.25, -0.2) is 9.97 Å². The summed E-state index contributed by atoms with van der Waals surface area (Å²) in [5, 5.41) is 7.79. The molecule has 0 aliphatic rings. The zero-order chi connectivity index (χ0) is 13.8. The van der Waals surface area contributed by atoms with Crippen LogP contribution in [0.2, 0.25) is 0 Å². The van der Waals surface area contributed by atoms with Crippen molar-refractivity contribution in [1.82, 2.24) is 25.1 Å². The lowest BCUT2D eigenvalue weighted by molar-refractivity contribution is 0.544. The van der Waals surface area contributed by atoms with E-state index < -0.39 is 0 Å². The van der Waals surface area contributed by atoms with Crippen molar-refractivity contribution in [3.05, 3.63) is 41.2 Å². The molecule has 5 heteroatoms. The van der Waals surface area contributed by atoms with Crippen LogP contribution in [-0.2, 0) is 13.5 Å². The lowest BCUT2D eigenvalue weighted by Gasteiger charge is -2.15. The predicted octanol–water partition coefficient (Wildman–Crippen LogP) is 1.72. The molecule has 0 aliphatic carbocycles. The number of aromatic nitrogens is 4. The number of rotatable bonds is 5. The monoisotopic (exact) mass is 259 g/mol. The molecule has 1 N–H and O–H groups in total. The summed E-state index contributed by atoms with van der Waals surface area (Å²) in [7, 11) is 3.97. The van der Waals surface area contributed by atoms with E-state index in [1.165, 1.54) is 11.3 Å². The second-order valence-electron chi connectivity index (χ2n) is 4.82. The van der Waals surface area contributed by atoms with E-state index in [4.69, 9.17) is 0 Å². The molecular formula is C14H21N5. The molecule has 1 unspecified atom stereocenters. The smallest absolute Gasteiger partial charge is 0.115 e. The van der Waals surface area contributed by atoms with Gasteiger partial charge in [-0.15, -0.1) is 0 Å². The standard InChI is InChI=1S/C14H21N5/c1-10-13(11(2)19(4)18-10)5-6-14(15-3)12-7-16-9-17-8-12/h7-9,14-15H,5-6H2,1-4H3. The van der Waals surface area contributed by atoms with Crippen molar-refractivity contribution in [3.8, 4) is 0 Å². The van der Waals surface area contributed by atoms with Gasteiger partial charge in [0, 0.05) is 36.7 Å². The van der Waals surface area contributed by atoms with Crippen molar-refractivity contribution < 1.29 is 0 Å². The summed E-state index contributed by atoms with van der Waals surface area (Å²) in [6, 6.07) is 0.278. The van der Waals surface area contributed by atoms with Crippen LogP contribution in [0.1, 0.15) is 35.0 Å². The SMILES string of the molecule is CNC(CCc1c(C)nn(C)c1C)c1cncnc1. The summed E-state index contributed by atoms with van der Waals surface area (Å²) in [6.45, 7) is 4.19. The lowest BCUT2D eigenvalue weighted by Crippen LogP contribution is -2.17. The first-order valence-corrected chi connectivity index (χ1v) is 6.54. The predicted molar refractivity (Wildman–Crippen MR) is 74.8 cm³/mol. The average molecular weight is 259 g/mol. The first-order valence-electron chi connectivity index (χ1n) is 6.54. The summed E-state index contributed by atoms with van der Waals surface area (Å²) < 4.78 is 1.95. The number of nitrogens with one attached hydrogen (secondary N) is 1. The zero-order valence-electron chi connectivity index (χ0n) is 12.0. The molecular weight excluding hydrogens is 238 g/mol. The summed E-state index contributed by atoms with van der Waals surface area (Å²) in [4.78, 5) is 8.16. The third kappa shape index (κ3) is 2.98. The van der Waals surface area contributed by atoms with Crippen molar-refractivity contribution in [3.63, 3.8) is 0 Å². The molecule has 2 heterocycles. The van der Waals surface area contributed by atoms with Crippen LogP contribution in [0.25, 0.3) is 0 Å². The van der Waals surface area contributed by atoms with Crippen molar-refractivity contribution in [1.29, 1.82) is 0 Å². The maximum absolute atomic E-state index is 4.46. The third-order valence-corrected chi connectivity index (χ3v) is 3.67. The molecule has 0 radical (unpaired) electrons. The molecule has 0 aromatic carbocycles. The third-order valence-electron chi connectivity index (χ3n) is 3.67. The molecule has 2 rings (SSSR count). The fourth-order valence-corrected chi connectivity index (χ4v) is 2.44. The second-order valence-corrected chi connectivity index (χ2v) is 4.82. The highest BCUT2D eigenvalue weighted by Gasteiger charge is 2.14. The van der Waals surface area contributed by atoms with Gasteiger partial charge >= 0.3 is 0 Å². The minimum absolute atomic E-state index is 0.278. The van der Waals surface area contributed by atoms with E-state index in [9.17, 15) is 0 Å². The van der Waals surface area contributed by atoms with Crippen LogP contribution in [0, 0.1) is 13.8 Å². The van der Waals surface area contributed by atoms with Gasteiger partial charge in [0.15, 0.2) is 0 Å². The molecule has 2 aromatic heterocycles. The number of nitrogens with zero attached hydrogens (tertiary/aromatic N) is 4. The van der Waals surface area contributed by atoms with Crippen LogP contribution in [0.3, 0.4) is 0 Å². The first kappa shape index (κ1) is 13.7. The van der Waals surface area contributed by atoms with Gasteiger partial charge in [-0.05, 0) is 39.3 Å². The van der Waals surface area contributed by atoms with Crippen LogP contribution in [0.15, 0.2) is 18.7 Å². The van der Waals surface area contributed by atoms with Gasteiger partial charge in [0.25, 0.3) is 0 Å². The Morgan fingerprint density at radius 1 is 1.26 bits per heavy atom. The van der Waals surface area contributed by atoms with Crippen LogP contribution >= 0.6 is 0 Å². The van der Waals surface area contributed by atoms with E-state index in [0.717, 1.165) is 24.1 Å².